The molecule has 1 aliphatic rings. The van der Waals surface area contributed by atoms with Crippen LogP contribution in [-0.2, 0) is 15.6 Å². The Labute approximate surface area is 194 Å². The summed E-state index contributed by atoms with van der Waals surface area (Å²) in [7, 11) is -1.93. The molecule has 0 bridgehead atoms. The molecule has 0 heterocycles. The normalized spacial score (nSPS) is 15.1. The van der Waals surface area contributed by atoms with Crippen molar-refractivity contribution < 1.29 is 22.0 Å². The number of benzene rings is 3. The summed E-state index contributed by atoms with van der Waals surface area (Å²) in [6, 6.07) is 13.8. The average Bonchev–Trinajstić information content (AvgIpc) is 3.63. The SMILES string of the molecule is CP(ONc1ccc(F)c(F)c1Nc1ccc(-c2ccc(NS(C)=O)cc2)cc1F)C1CC1. The van der Waals surface area contributed by atoms with E-state index < -0.39 is 36.6 Å². The summed E-state index contributed by atoms with van der Waals surface area (Å²) >= 11 is 0. The summed E-state index contributed by atoms with van der Waals surface area (Å²) in [5, 5.41) is 2.66. The third-order valence-corrected chi connectivity index (χ3v) is 7.61. The van der Waals surface area contributed by atoms with Crippen molar-refractivity contribution in [2.45, 2.75) is 18.5 Å². The number of hydrogen-bond donors (Lipinski definition) is 3. The molecule has 0 spiro atoms. The summed E-state index contributed by atoms with van der Waals surface area (Å²) in [4.78, 5) is 0. The predicted octanol–water partition coefficient (Wildman–Crippen LogP) is 6.75. The first-order valence-electron chi connectivity index (χ1n) is 10.2. The Morgan fingerprint density at radius 2 is 1.61 bits per heavy atom. The molecule has 2 atom stereocenters. The van der Waals surface area contributed by atoms with Gasteiger partial charge in [-0.1, -0.05) is 18.2 Å². The van der Waals surface area contributed by atoms with Crippen LogP contribution in [0.2, 0.25) is 0 Å². The minimum absolute atomic E-state index is 0.00748. The van der Waals surface area contributed by atoms with Crippen LogP contribution < -0.4 is 15.5 Å². The highest BCUT2D eigenvalue weighted by Crippen LogP contribution is 2.51. The Morgan fingerprint density at radius 1 is 0.939 bits per heavy atom. The summed E-state index contributed by atoms with van der Waals surface area (Å²) in [5.74, 6) is -2.81. The Kier molecular flexibility index (Phi) is 7.22. The predicted molar refractivity (Wildman–Crippen MR) is 130 cm³/mol. The molecule has 10 heteroatoms. The van der Waals surface area contributed by atoms with Crippen LogP contribution in [0.1, 0.15) is 12.8 Å². The number of rotatable bonds is 9. The van der Waals surface area contributed by atoms with Crippen LogP contribution in [0.25, 0.3) is 11.1 Å². The lowest BCUT2D eigenvalue weighted by Crippen LogP contribution is -2.06. The van der Waals surface area contributed by atoms with Crippen LogP contribution in [0.5, 0.6) is 0 Å². The maximum atomic E-state index is 14.9. The molecular formula is C23H23F3N3O2PS. The van der Waals surface area contributed by atoms with E-state index in [-0.39, 0.29) is 17.1 Å². The van der Waals surface area contributed by atoms with Crippen molar-refractivity contribution in [1.82, 2.24) is 0 Å². The van der Waals surface area contributed by atoms with Gasteiger partial charge in [0.1, 0.15) is 22.5 Å². The van der Waals surface area contributed by atoms with E-state index in [4.69, 9.17) is 4.62 Å². The molecule has 174 valence electrons. The zero-order valence-corrected chi connectivity index (χ0v) is 19.7. The lowest BCUT2D eigenvalue weighted by atomic mass is 10.0. The number of anilines is 4. The quantitative estimate of drug-likeness (QED) is 0.228. The van der Waals surface area contributed by atoms with Gasteiger partial charge in [0.2, 0.25) is 0 Å². The maximum Gasteiger partial charge on any atom is 0.184 e. The molecule has 1 aliphatic carbocycles. The minimum Gasteiger partial charge on any atom is -0.349 e. The molecule has 33 heavy (non-hydrogen) atoms. The van der Waals surface area contributed by atoms with E-state index in [1.165, 1.54) is 24.5 Å². The lowest BCUT2D eigenvalue weighted by molar-refractivity contribution is 0.450. The second-order valence-electron chi connectivity index (χ2n) is 7.71. The van der Waals surface area contributed by atoms with E-state index in [0.29, 0.717) is 16.9 Å². The zero-order chi connectivity index (χ0) is 23.5. The zero-order valence-electron chi connectivity index (χ0n) is 18.0. The third-order valence-electron chi connectivity index (χ3n) is 5.16. The molecule has 1 saturated carbocycles. The second kappa shape index (κ2) is 10.1. The van der Waals surface area contributed by atoms with Crippen LogP contribution in [0.4, 0.5) is 35.9 Å². The maximum absolute atomic E-state index is 14.9. The number of halogens is 3. The Bertz CT molecular complexity index is 1180. The number of hydrogen-bond acceptors (Lipinski definition) is 4. The minimum atomic E-state index is -1.19. The van der Waals surface area contributed by atoms with Crippen LogP contribution in [0.15, 0.2) is 54.6 Å². The highest BCUT2D eigenvalue weighted by molar-refractivity contribution is 7.85. The van der Waals surface area contributed by atoms with E-state index >= 15 is 0 Å². The van der Waals surface area contributed by atoms with Crippen LogP contribution >= 0.6 is 8.15 Å². The smallest absolute Gasteiger partial charge is 0.184 e. The molecule has 1 fully saturated rings. The van der Waals surface area contributed by atoms with Gasteiger partial charge in [-0.05, 0) is 67.0 Å². The van der Waals surface area contributed by atoms with Gasteiger partial charge in [-0.2, -0.15) is 0 Å². The van der Waals surface area contributed by atoms with Crippen molar-refractivity contribution in [3.63, 3.8) is 0 Å². The Balaban J connectivity index is 1.54. The molecule has 0 aliphatic heterocycles. The van der Waals surface area contributed by atoms with Crippen molar-refractivity contribution in [2.75, 3.05) is 28.4 Å². The molecule has 5 nitrogen and oxygen atoms in total. The van der Waals surface area contributed by atoms with Gasteiger partial charge in [0.05, 0.1) is 19.5 Å². The standard InChI is InChI=1S/C23H23F3N3O2PS/c1-32(17-8-9-17)31-28-21-12-10-18(24)22(26)23(21)27-20-11-5-15(13-19(20)25)14-3-6-16(7-4-14)29-33(2)30/h3-7,10-13,17,27-29H,8-9H2,1-2H3. The van der Waals surface area contributed by atoms with Crippen LogP contribution in [0, 0.1) is 17.5 Å². The molecule has 0 saturated heterocycles. The van der Waals surface area contributed by atoms with E-state index in [1.807, 2.05) is 6.66 Å². The molecule has 3 N–H and O–H groups in total. The molecule has 0 amide bonds. The van der Waals surface area contributed by atoms with Gasteiger partial charge < -0.3 is 10.0 Å². The van der Waals surface area contributed by atoms with E-state index in [1.54, 1.807) is 30.3 Å². The van der Waals surface area contributed by atoms with Crippen molar-refractivity contribution in [1.29, 1.82) is 0 Å². The molecule has 2 unspecified atom stereocenters. The molecular weight excluding hydrogens is 470 g/mol. The van der Waals surface area contributed by atoms with Gasteiger partial charge in [-0.25, -0.2) is 17.4 Å². The van der Waals surface area contributed by atoms with Gasteiger partial charge in [0, 0.05) is 17.6 Å². The lowest BCUT2D eigenvalue weighted by Gasteiger charge is -2.18. The fraction of sp³-hybridized carbons (Fsp3) is 0.217. The number of nitrogens with one attached hydrogen (secondary N) is 3. The molecule has 4 rings (SSSR count). The second-order valence-corrected chi connectivity index (χ2v) is 10.8. The van der Waals surface area contributed by atoms with Crippen LogP contribution in [0.3, 0.4) is 0 Å². The van der Waals surface area contributed by atoms with Gasteiger partial charge in [-0.15, -0.1) is 0 Å². The Morgan fingerprint density at radius 3 is 2.24 bits per heavy atom. The van der Waals surface area contributed by atoms with Crippen molar-refractivity contribution >= 4 is 41.9 Å². The summed E-state index contributed by atoms with van der Waals surface area (Å²) < 4.78 is 63.0. The third kappa shape index (κ3) is 5.85. The topological polar surface area (TPSA) is 62.4 Å². The summed E-state index contributed by atoms with van der Waals surface area (Å²) in [6.45, 7) is 1.97. The fourth-order valence-corrected chi connectivity index (χ4v) is 4.95. The fourth-order valence-electron chi connectivity index (χ4n) is 3.22. The first-order chi connectivity index (χ1) is 15.8. The highest BCUT2D eigenvalue weighted by Gasteiger charge is 2.29. The molecule has 3 aromatic carbocycles. The summed E-state index contributed by atoms with van der Waals surface area (Å²) in [6.07, 6.45) is 3.72. The van der Waals surface area contributed by atoms with Gasteiger partial charge in [0.25, 0.3) is 0 Å². The molecule has 0 aromatic heterocycles. The largest absolute Gasteiger partial charge is 0.349 e. The van der Waals surface area contributed by atoms with Crippen molar-refractivity contribution in [3.8, 4) is 11.1 Å². The van der Waals surface area contributed by atoms with Gasteiger partial charge >= 0.3 is 0 Å². The van der Waals surface area contributed by atoms with E-state index in [9.17, 15) is 17.4 Å². The van der Waals surface area contributed by atoms with Crippen LogP contribution in [-0.4, -0.2) is 22.8 Å². The van der Waals surface area contributed by atoms with Crippen molar-refractivity contribution in [2.24, 2.45) is 0 Å². The van der Waals surface area contributed by atoms with Crippen molar-refractivity contribution in [3.05, 3.63) is 72.0 Å². The molecule has 0 radical (unpaired) electrons. The Hall–Kier alpha value is -2.61. The first kappa shape index (κ1) is 23.5. The van der Waals surface area contributed by atoms with Gasteiger partial charge in [-0.3, -0.25) is 10.1 Å². The highest BCUT2D eigenvalue weighted by atomic mass is 32.2. The average molecular weight is 493 g/mol. The summed E-state index contributed by atoms with van der Waals surface area (Å²) in [5.41, 5.74) is 5.19. The first-order valence-corrected chi connectivity index (χ1v) is 13.6. The monoisotopic (exact) mass is 493 g/mol. The van der Waals surface area contributed by atoms with Gasteiger partial charge in [0.15, 0.2) is 11.6 Å². The van der Waals surface area contributed by atoms with E-state index in [2.05, 4.69) is 15.5 Å². The van der Waals surface area contributed by atoms with E-state index in [0.717, 1.165) is 24.5 Å². The molecule has 3 aromatic rings.